The topological polar surface area (TPSA) is 142 Å². The van der Waals surface area contributed by atoms with Gasteiger partial charge in [0.2, 0.25) is 11.8 Å². The number of ether oxygens (including phenoxy) is 1. The number of hydrazine groups is 1. The number of anilines is 2. The highest BCUT2D eigenvalue weighted by Crippen LogP contribution is 2.25. The molecule has 0 aliphatic heterocycles. The van der Waals surface area contributed by atoms with Crippen LogP contribution >= 0.6 is 0 Å². The Hall–Kier alpha value is -2.94. The Morgan fingerprint density at radius 1 is 1.32 bits per heavy atom. The number of nitro groups is 1. The fourth-order valence-electron chi connectivity index (χ4n) is 1.35. The Labute approximate surface area is 107 Å². The second kappa shape index (κ2) is 5.14. The molecule has 0 saturated carbocycles. The predicted octanol–water partition coefficient (Wildman–Crippen LogP) is 1.04. The number of aromatic nitrogens is 2. The Balaban J connectivity index is 2.28. The van der Waals surface area contributed by atoms with Gasteiger partial charge in [-0.25, -0.2) is 5.84 Å². The molecule has 5 N–H and O–H groups in total. The van der Waals surface area contributed by atoms with Gasteiger partial charge in [0.15, 0.2) is 0 Å². The second-order valence-corrected chi connectivity index (χ2v) is 3.45. The molecule has 0 atom stereocenters. The van der Waals surface area contributed by atoms with Crippen LogP contribution in [0.4, 0.5) is 17.5 Å². The van der Waals surface area contributed by atoms with Crippen LogP contribution in [-0.2, 0) is 0 Å². The van der Waals surface area contributed by atoms with E-state index in [0.717, 1.165) is 0 Å². The molecule has 9 nitrogen and oxygen atoms in total. The summed E-state index contributed by atoms with van der Waals surface area (Å²) in [5.74, 6) is 5.83. The van der Waals surface area contributed by atoms with E-state index >= 15 is 0 Å². The van der Waals surface area contributed by atoms with E-state index in [1.54, 1.807) is 6.07 Å². The number of nitrogens with two attached hydrogens (primary N) is 2. The number of rotatable bonds is 4. The lowest BCUT2D eigenvalue weighted by molar-refractivity contribution is -0.384. The third kappa shape index (κ3) is 3.04. The van der Waals surface area contributed by atoms with Crippen molar-refractivity contribution in [3.63, 3.8) is 0 Å². The van der Waals surface area contributed by atoms with Crippen LogP contribution in [0.3, 0.4) is 0 Å². The van der Waals surface area contributed by atoms with Gasteiger partial charge in [-0.15, -0.1) is 0 Å². The largest absolute Gasteiger partial charge is 0.439 e. The number of benzene rings is 1. The van der Waals surface area contributed by atoms with E-state index in [2.05, 4.69) is 15.4 Å². The van der Waals surface area contributed by atoms with Crippen molar-refractivity contribution in [2.24, 2.45) is 5.84 Å². The molecule has 2 aromatic rings. The van der Waals surface area contributed by atoms with Crippen LogP contribution in [0.15, 0.2) is 30.3 Å². The fraction of sp³-hybridized carbons (Fsp3) is 0. The molecule has 0 aliphatic rings. The van der Waals surface area contributed by atoms with Gasteiger partial charge in [-0.05, 0) is 6.07 Å². The quantitative estimate of drug-likeness (QED) is 0.421. The minimum atomic E-state index is -0.520. The molecule has 9 heteroatoms. The average Bonchev–Trinajstić information content (AvgIpc) is 2.38. The normalized spacial score (nSPS) is 9.95. The summed E-state index contributed by atoms with van der Waals surface area (Å²) in [6.07, 6.45) is 0. The fourth-order valence-corrected chi connectivity index (χ4v) is 1.35. The van der Waals surface area contributed by atoms with Gasteiger partial charge >= 0.3 is 0 Å². The standard InChI is InChI=1S/C10H10N6O3/c11-10-13-8(15-12)5-9(14-10)19-7-3-1-2-6(4-7)16(17)18/h1-5H,12H2,(H3,11,13,14,15). The lowest BCUT2D eigenvalue weighted by Gasteiger charge is -2.06. The molecule has 0 spiro atoms. The highest BCUT2D eigenvalue weighted by atomic mass is 16.6. The van der Waals surface area contributed by atoms with E-state index in [-0.39, 0.29) is 29.1 Å². The highest BCUT2D eigenvalue weighted by Gasteiger charge is 2.09. The van der Waals surface area contributed by atoms with E-state index < -0.39 is 4.92 Å². The first-order chi connectivity index (χ1) is 9.08. The molecule has 0 unspecified atom stereocenters. The van der Waals surface area contributed by atoms with Crippen LogP contribution in [0.1, 0.15) is 0 Å². The predicted molar refractivity (Wildman–Crippen MR) is 67.4 cm³/mol. The Morgan fingerprint density at radius 2 is 2.11 bits per heavy atom. The van der Waals surface area contributed by atoms with Crippen molar-refractivity contribution in [2.75, 3.05) is 11.2 Å². The average molecular weight is 262 g/mol. The molecule has 0 radical (unpaired) electrons. The van der Waals surface area contributed by atoms with Crippen molar-refractivity contribution in [1.82, 2.24) is 9.97 Å². The molecule has 0 bridgehead atoms. The third-order valence-corrected chi connectivity index (χ3v) is 2.12. The van der Waals surface area contributed by atoms with Crippen molar-refractivity contribution in [1.29, 1.82) is 0 Å². The van der Waals surface area contributed by atoms with Gasteiger partial charge in [-0.2, -0.15) is 9.97 Å². The molecular formula is C10H10N6O3. The summed E-state index contributed by atoms with van der Waals surface area (Å²) in [5.41, 5.74) is 7.68. The minimum absolute atomic E-state index is 0.0316. The number of nitrogen functional groups attached to an aromatic ring is 2. The van der Waals surface area contributed by atoms with Crippen LogP contribution in [0.5, 0.6) is 11.6 Å². The molecule has 1 heterocycles. The summed E-state index contributed by atoms with van der Waals surface area (Å²) in [4.78, 5) is 17.7. The molecule has 0 fully saturated rings. The molecule has 0 saturated heterocycles. The minimum Gasteiger partial charge on any atom is -0.439 e. The second-order valence-electron chi connectivity index (χ2n) is 3.45. The molecular weight excluding hydrogens is 252 g/mol. The molecule has 1 aromatic carbocycles. The van der Waals surface area contributed by atoms with Crippen molar-refractivity contribution < 1.29 is 9.66 Å². The van der Waals surface area contributed by atoms with Gasteiger partial charge in [-0.3, -0.25) is 10.1 Å². The molecule has 2 rings (SSSR count). The zero-order valence-corrected chi connectivity index (χ0v) is 9.61. The van der Waals surface area contributed by atoms with Gasteiger partial charge in [0.25, 0.3) is 5.69 Å². The number of non-ortho nitro benzene ring substituents is 1. The maximum Gasteiger partial charge on any atom is 0.273 e. The first-order valence-corrected chi connectivity index (χ1v) is 5.12. The number of hydrogen-bond donors (Lipinski definition) is 3. The maximum absolute atomic E-state index is 10.6. The number of hydrogen-bond acceptors (Lipinski definition) is 8. The van der Waals surface area contributed by atoms with E-state index in [4.69, 9.17) is 16.3 Å². The highest BCUT2D eigenvalue weighted by molar-refractivity contribution is 5.44. The number of nitrogens with zero attached hydrogens (tertiary/aromatic N) is 3. The summed E-state index contributed by atoms with van der Waals surface area (Å²) in [6, 6.07) is 7.10. The first kappa shape index (κ1) is 12.5. The van der Waals surface area contributed by atoms with Gasteiger partial charge in [0.05, 0.1) is 11.0 Å². The van der Waals surface area contributed by atoms with Crippen LogP contribution in [0.2, 0.25) is 0 Å². The Morgan fingerprint density at radius 3 is 2.79 bits per heavy atom. The van der Waals surface area contributed by atoms with E-state index in [0.29, 0.717) is 0 Å². The van der Waals surface area contributed by atoms with Gasteiger partial charge < -0.3 is 15.9 Å². The van der Waals surface area contributed by atoms with E-state index in [1.165, 1.54) is 24.3 Å². The summed E-state index contributed by atoms with van der Waals surface area (Å²) in [5, 5.41) is 10.6. The molecule has 0 aliphatic carbocycles. The SMILES string of the molecule is NNc1cc(Oc2cccc([N+](=O)[O-])c2)nc(N)n1. The van der Waals surface area contributed by atoms with Crippen molar-refractivity contribution >= 4 is 17.5 Å². The number of nitrogens with one attached hydrogen (secondary N) is 1. The summed E-state index contributed by atoms with van der Waals surface area (Å²) in [7, 11) is 0. The first-order valence-electron chi connectivity index (χ1n) is 5.12. The maximum atomic E-state index is 10.6. The molecule has 98 valence electrons. The van der Waals surface area contributed by atoms with E-state index in [1.807, 2.05) is 0 Å². The molecule has 19 heavy (non-hydrogen) atoms. The molecule has 0 amide bonds. The Bertz CT molecular complexity index is 618. The van der Waals surface area contributed by atoms with Crippen LogP contribution < -0.4 is 21.7 Å². The van der Waals surface area contributed by atoms with Crippen molar-refractivity contribution in [2.45, 2.75) is 0 Å². The smallest absolute Gasteiger partial charge is 0.273 e. The Kier molecular flexibility index (Phi) is 3.39. The van der Waals surface area contributed by atoms with Gasteiger partial charge in [0, 0.05) is 12.1 Å². The van der Waals surface area contributed by atoms with Crippen molar-refractivity contribution in [3.8, 4) is 11.6 Å². The van der Waals surface area contributed by atoms with Crippen molar-refractivity contribution in [3.05, 3.63) is 40.4 Å². The summed E-state index contributed by atoms with van der Waals surface area (Å²) < 4.78 is 5.36. The lowest BCUT2D eigenvalue weighted by atomic mass is 10.3. The summed E-state index contributed by atoms with van der Waals surface area (Å²) >= 11 is 0. The number of nitro benzene ring substituents is 1. The van der Waals surface area contributed by atoms with Gasteiger partial charge in [-0.1, -0.05) is 6.07 Å². The van der Waals surface area contributed by atoms with Crippen LogP contribution in [-0.4, -0.2) is 14.9 Å². The van der Waals surface area contributed by atoms with Crippen LogP contribution in [0.25, 0.3) is 0 Å². The van der Waals surface area contributed by atoms with Crippen LogP contribution in [0, 0.1) is 10.1 Å². The molecule has 1 aromatic heterocycles. The van der Waals surface area contributed by atoms with Gasteiger partial charge in [0.1, 0.15) is 11.6 Å². The zero-order valence-electron chi connectivity index (χ0n) is 9.61. The monoisotopic (exact) mass is 262 g/mol. The zero-order chi connectivity index (χ0) is 13.8. The summed E-state index contributed by atoms with van der Waals surface area (Å²) in [6.45, 7) is 0. The lowest BCUT2D eigenvalue weighted by Crippen LogP contribution is -2.10. The van der Waals surface area contributed by atoms with E-state index in [9.17, 15) is 10.1 Å². The third-order valence-electron chi connectivity index (χ3n) is 2.12.